The van der Waals surface area contributed by atoms with E-state index in [-0.39, 0.29) is 5.78 Å². The maximum Gasteiger partial charge on any atom is 0.167 e. The average molecular weight is 392 g/mol. The van der Waals surface area contributed by atoms with Crippen molar-refractivity contribution in [2.24, 2.45) is 10.9 Å². The first kappa shape index (κ1) is 18.9. The zero-order chi connectivity index (χ0) is 19.5. The van der Waals surface area contributed by atoms with Gasteiger partial charge in [0.2, 0.25) is 0 Å². The van der Waals surface area contributed by atoms with E-state index in [9.17, 15) is 4.79 Å². The molecule has 0 radical (unpaired) electrons. The topological polar surface area (TPSA) is 57.2 Å². The van der Waals surface area contributed by atoms with Gasteiger partial charge in [0, 0.05) is 24.9 Å². The highest BCUT2D eigenvalue weighted by Gasteiger charge is 2.32. The number of anilines is 1. The first-order valence-corrected chi connectivity index (χ1v) is 10.9. The molecule has 4 rings (SSSR count). The van der Waals surface area contributed by atoms with Gasteiger partial charge in [-0.3, -0.25) is 9.79 Å². The van der Waals surface area contributed by atoms with Gasteiger partial charge in [-0.1, -0.05) is 25.7 Å². The normalized spacial score (nSPS) is 20.4. The van der Waals surface area contributed by atoms with E-state index in [0.717, 1.165) is 53.5 Å². The van der Waals surface area contributed by atoms with Crippen molar-refractivity contribution >= 4 is 35.0 Å². The minimum Gasteiger partial charge on any atom is -0.356 e. The number of carbonyl (C=O) groups excluding carboxylic acids is 1. The zero-order valence-corrected chi connectivity index (χ0v) is 17.2. The third-order valence-electron chi connectivity index (χ3n) is 5.11. The lowest BCUT2D eigenvalue weighted by atomic mass is 9.87. The molecule has 0 bridgehead atoms. The van der Waals surface area contributed by atoms with Crippen molar-refractivity contribution < 1.29 is 4.79 Å². The van der Waals surface area contributed by atoms with Gasteiger partial charge in [0.15, 0.2) is 5.78 Å². The Hall–Kier alpha value is -2.45. The quantitative estimate of drug-likeness (QED) is 0.676. The highest BCUT2D eigenvalue weighted by atomic mass is 32.2. The Morgan fingerprint density at radius 2 is 2.29 bits per heavy atom. The van der Waals surface area contributed by atoms with Crippen molar-refractivity contribution in [2.45, 2.75) is 38.4 Å². The Kier molecular flexibility index (Phi) is 5.59. The molecule has 3 aliphatic rings. The number of nitrogens with zero attached hydrogens (tertiary/aromatic N) is 1. The number of carbonyl (C=O) groups is 1. The summed E-state index contributed by atoms with van der Waals surface area (Å²) >= 11 is 1.94. The molecule has 1 aromatic rings. The molecule has 5 heteroatoms. The summed E-state index contributed by atoms with van der Waals surface area (Å²) in [7, 11) is 0. The number of H-pyrrole nitrogens is 1. The van der Waals surface area contributed by atoms with Crippen molar-refractivity contribution in [2.75, 3.05) is 17.6 Å². The molecule has 0 amide bonds. The number of hydrogen-bond acceptors (Lipinski definition) is 4. The van der Waals surface area contributed by atoms with Gasteiger partial charge in [0.25, 0.3) is 0 Å². The van der Waals surface area contributed by atoms with Gasteiger partial charge in [0.05, 0.1) is 22.6 Å². The third kappa shape index (κ3) is 4.02. The average Bonchev–Trinajstić information content (AvgIpc) is 3.06. The molecule has 1 aromatic heterocycles. The number of dihydropyridines is 1. The van der Waals surface area contributed by atoms with Crippen molar-refractivity contribution in [1.29, 1.82) is 0 Å². The monoisotopic (exact) mass is 391 g/mol. The molecule has 0 saturated heterocycles. The van der Waals surface area contributed by atoms with Gasteiger partial charge in [-0.05, 0) is 59.3 Å². The van der Waals surface area contributed by atoms with E-state index >= 15 is 0 Å². The van der Waals surface area contributed by atoms with Gasteiger partial charge >= 0.3 is 0 Å². The summed E-state index contributed by atoms with van der Waals surface area (Å²) in [5.74, 6) is 1.65. The maximum atomic E-state index is 13.1. The van der Waals surface area contributed by atoms with Gasteiger partial charge in [0.1, 0.15) is 0 Å². The van der Waals surface area contributed by atoms with Crippen molar-refractivity contribution in [3.8, 4) is 0 Å². The van der Waals surface area contributed by atoms with Crippen molar-refractivity contribution in [3.05, 3.63) is 58.4 Å². The Morgan fingerprint density at radius 3 is 3.00 bits per heavy atom. The Balaban J connectivity index is 1.72. The summed E-state index contributed by atoms with van der Waals surface area (Å²) in [5.41, 5.74) is 11.9. The lowest BCUT2D eigenvalue weighted by molar-refractivity contribution is 0.0955. The van der Waals surface area contributed by atoms with Crippen LogP contribution in [0, 0.1) is 5.92 Å². The Bertz CT molecular complexity index is 980. The molecule has 2 aliphatic carbocycles. The SMILES string of the molecule is CC(C)SCC1CC(=O)c2c([nH]c(C3=CC=NCC3)c2NC2=C=C=CC=C2)C1. The van der Waals surface area contributed by atoms with Gasteiger partial charge in [-0.25, -0.2) is 0 Å². The van der Waals surface area contributed by atoms with E-state index < -0.39 is 0 Å². The molecule has 4 nitrogen and oxygen atoms in total. The fraction of sp³-hybridized carbons (Fsp3) is 0.391. The maximum absolute atomic E-state index is 13.1. The molecular formula is C23H25N3OS. The number of thioether (sulfide) groups is 1. The second kappa shape index (κ2) is 8.28. The van der Waals surface area contributed by atoms with Crippen LogP contribution >= 0.6 is 11.8 Å². The van der Waals surface area contributed by atoms with Crippen LogP contribution in [0.3, 0.4) is 0 Å². The molecule has 1 unspecified atom stereocenters. The number of fused-ring (bicyclic) bond motifs is 1. The summed E-state index contributed by atoms with van der Waals surface area (Å²) in [6.45, 7) is 5.20. The van der Waals surface area contributed by atoms with E-state index in [1.807, 2.05) is 42.3 Å². The number of rotatable bonds is 6. The first-order chi connectivity index (χ1) is 13.6. The molecule has 0 aromatic carbocycles. The van der Waals surface area contributed by atoms with Crippen LogP contribution in [0.15, 0.2) is 46.5 Å². The molecule has 144 valence electrons. The molecule has 28 heavy (non-hydrogen) atoms. The number of aromatic amines is 1. The highest BCUT2D eigenvalue weighted by molar-refractivity contribution is 7.99. The fourth-order valence-corrected chi connectivity index (χ4v) is 4.70. The Labute approximate surface area is 170 Å². The predicted molar refractivity (Wildman–Crippen MR) is 118 cm³/mol. The third-order valence-corrected chi connectivity index (χ3v) is 6.44. The van der Waals surface area contributed by atoms with E-state index in [0.29, 0.717) is 17.6 Å². The van der Waals surface area contributed by atoms with Crippen LogP contribution in [0.5, 0.6) is 0 Å². The predicted octanol–water partition coefficient (Wildman–Crippen LogP) is 4.94. The summed E-state index contributed by atoms with van der Waals surface area (Å²) in [6, 6.07) is 0. The second-order valence-electron chi connectivity index (χ2n) is 7.64. The summed E-state index contributed by atoms with van der Waals surface area (Å²) in [6.07, 6.45) is 12.0. The molecule has 2 heterocycles. The standard InChI is InChI=1S/C23H25N3OS/c1-15(2)28-14-16-12-19-21(20(27)13-16)23(25-18-6-4-3-5-7-18)22(26-19)17-8-10-24-11-9-17/h3-4,6,8,10,15-16,25-26H,9,11-14H2,1-2H3. The van der Waals surface area contributed by atoms with E-state index in [2.05, 4.69) is 40.6 Å². The van der Waals surface area contributed by atoms with Crippen molar-refractivity contribution in [3.63, 3.8) is 0 Å². The molecule has 1 aliphatic heterocycles. The van der Waals surface area contributed by atoms with Gasteiger partial charge < -0.3 is 10.3 Å². The van der Waals surface area contributed by atoms with E-state index in [1.54, 1.807) is 0 Å². The number of ketones is 1. The number of hydrogen-bond donors (Lipinski definition) is 2. The lowest BCUT2D eigenvalue weighted by Crippen LogP contribution is -2.22. The minimum absolute atomic E-state index is 0.227. The van der Waals surface area contributed by atoms with Crippen LogP contribution in [0.1, 0.15) is 48.4 Å². The lowest BCUT2D eigenvalue weighted by Gasteiger charge is -2.22. The minimum atomic E-state index is 0.227. The zero-order valence-electron chi connectivity index (χ0n) is 16.3. The molecular weight excluding hydrogens is 366 g/mol. The van der Waals surface area contributed by atoms with Crippen LogP contribution in [0.4, 0.5) is 5.69 Å². The number of allylic oxidation sites excluding steroid dienone is 4. The smallest absolute Gasteiger partial charge is 0.167 e. The fourth-order valence-electron chi connectivity index (χ4n) is 3.80. The number of Topliss-reactive ketones (excluding diaryl/α,β-unsaturated/α-hetero) is 1. The van der Waals surface area contributed by atoms with Gasteiger partial charge in [-0.15, -0.1) is 0 Å². The first-order valence-electron chi connectivity index (χ1n) is 9.86. The van der Waals surface area contributed by atoms with Crippen LogP contribution in [-0.2, 0) is 6.42 Å². The molecule has 1 atom stereocenters. The summed E-state index contributed by atoms with van der Waals surface area (Å²) in [5, 5.41) is 4.03. The van der Waals surface area contributed by atoms with Gasteiger partial charge in [-0.2, -0.15) is 11.8 Å². The van der Waals surface area contributed by atoms with E-state index in [1.165, 1.54) is 5.57 Å². The van der Waals surface area contributed by atoms with Crippen LogP contribution in [0.2, 0.25) is 0 Å². The summed E-state index contributed by atoms with van der Waals surface area (Å²) < 4.78 is 0. The largest absolute Gasteiger partial charge is 0.356 e. The highest BCUT2D eigenvalue weighted by Crippen LogP contribution is 2.39. The number of aromatic nitrogens is 1. The van der Waals surface area contributed by atoms with Crippen LogP contribution in [0.25, 0.3) is 5.57 Å². The molecule has 0 saturated carbocycles. The molecule has 0 fully saturated rings. The van der Waals surface area contributed by atoms with E-state index in [4.69, 9.17) is 0 Å². The van der Waals surface area contributed by atoms with Crippen molar-refractivity contribution in [1.82, 2.24) is 4.98 Å². The summed E-state index contributed by atoms with van der Waals surface area (Å²) in [4.78, 5) is 21.0. The van der Waals surface area contributed by atoms with Crippen LogP contribution < -0.4 is 5.32 Å². The molecule has 0 spiro atoms. The molecule has 2 N–H and O–H groups in total. The second-order valence-corrected chi connectivity index (χ2v) is 9.25. The number of nitrogens with one attached hydrogen (secondary N) is 2. The van der Waals surface area contributed by atoms with Crippen LogP contribution in [-0.4, -0.2) is 34.5 Å². The number of aliphatic imine (C=N–C) groups is 1. The Morgan fingerprint density at radius 1 is 1.39 bits per heavy atom.